The van der Waals surface area contributed by atoms with E-state index in [0.717, 1.165) is 20.1 Å². The van der Waals surface area contributed by atoms with Gasteiger partial charge in [-0.3, -0.25) is 0 Å². The minimum Gasteiger partial charge on any atom is -0.383 e. The van der Waals surface area contributed by atoms with E-state index in [1.165, 1.54) is 11.3 Å². The van der Waals surface area contributed by atoms with Crippen LogP contribution in [0.3, 0.4) is 0 Å². The number of nitrogens with zero attached hydrogens (tertiary/aromatic N) is 2. The van der Waals surface area contributed by atoms with Gasteiger partial charge in [0.25, 0.3) is 0 Å². The van der Waals surface area contributed by atoms with Crippen molar-refractivity contribution in [3.63, 3.8) is 0 Å². The van der Waals surface area contributed by atoms with Crippen LogP contribution >= 0.6 is 38.9 Å². The van der Waals surface area contributed by atoms with E-state index in [0.29, 0.717) is 5.82 Å². The van der Waals surface area contributed by atoms with Crippen LogP contribution in [0.2, 0.25) is 4.34 Å². The van der Waals surface area contributed by atoms with E-state index in [2.05, 4.69) is 21.0 Å². The molecule has 0 aliphatic carbocycles. The first-order valence-corrected chi connectivity index (χ1v) is 6.79. The lowest BCUT2D eigenvalue weighted by Gasteiger charge is -2.12. The number of hydrogen-bond acceptors (Lipinski definition) is 3. The summed E-state index contributed by atoms with van der Waals surface area (Å²) in [6.45, 7) is 3.97. The van der Waals surface area contributed by atoms with Crippen molar-refractivity contribution in [3.05, 3.63) is 31.5 Å². The molecule has 2 heterocycles. The molecule has 0 saturated carbocycles. The molecule has 2 N–H and O–H groups in total. The summed E-state index contributed by atoms with van der Waals surface area (Å²) in [6, 6.07) is 2.04. The Hall–Kier alpha value is -0.520. The summed E-state index contributed by atoms with van der Waals surface area (Å²) < 4.78 is 3.45. The van der Waals surface area contributed by atoms with Crippen LogP contribution in [0.15, 0.2) is 15.9 Å². The molecular weight excluding hydrogens is 310 g/mol. The van der Waals surface area contributed by atoms with Crippen LogP contribution in [0.25, 0.3) is 0 Å². The molecule has 0 aliphatic rings. The second-order valence-corrected chi connectivity index (χ2v) is 5.92. The largest absolute Gasteiger partial charge is 0.383 e. The molecule has 0 saturated heterocycles. The van der Waals surface area contributed by atoms with Gasteiger partial charge in [0.1, 0.15) is 5.82 Å². The number of halogens is 2. The highest BCUT2D eigenvalue weighted by Gasteiger charge is 2.17. The van der Waals surface area contributed by atoms with Gasteiger partial charge < -0.3 is 5.73 Å². The highest BCUT2D eigenvalue weighted by atomic mass is 79.9. The van der Waals surface area contributed by atoms with Crippen molar-refractivity contribution >= 4 is 44.7 Å². The molecule has 1 unspecified atom stereocenters. The van der Waals surface area contributed by atoms with Crippen molar-refractivity contribution < 1.29 is 0 Å². The van der Waals surface area contributed by atoms with Crippen LogP contribution in [0, 0.1) is 6.92 Å². The molecule has 3 nitrogen and oxygen atoms in total. The molecule has 2 aromatic heterocycles. The summed E-state index contributed by atoms with van der Waals surface area (Å²) in [7, 11) is 0. The fourth-order valence-electron chi connectivity index (χ4n) is 1.52. The van der Waals surface area contributed by atoms with Crippen molar-refractivity contribution in [2.75, 3.05) is 5.73 Å². The topological polar surface area (TPSA) is 43.8 Å². The van der Waals surface area contributed by atoms with E-state index in [-0.39, 0.29) is 6.04 Å². The van der Waals surface area contributed by atoms with Crippen LogP contribution in [0.4, 0.5) is 5.82 Å². The van der Waals surface area contributed by atoms with Gasteiger partial charge in [0.15, 0.2) is 0 Å². The second-order valence-electron chi connectivity index (χ2n) is 3.59. The van der Waals surface area contributed by atoms with Crippen molar-refractivity contribution in [3.8, 4) is 0 Å². The molecule has 0 fully saturated rings. The minimum absolute atomic E-state index is 0.0914. The average Bonchev–Trinajstić information content (AvgIpc) is 2.78. The number of thiophene rings is 1. The number of aryl methyl sites for hydroxylation is 1. The number of rotatable bonds is 2. The fourth-order valence-corrected chi connectivity index (χ4v) is 2.76. The number of hydrogen-bond donors (Lipinski definition) is 1. The number of nitrogens with two attached hydrogens (primary N) is 1. The van der Waals surface area contributed by atoms with E-state index in [1.54, 1.807) is 4.68 Å². The van der Waals surface area contributed by atoms with Gasteiger partial charge in [0, 0.05) is 0 Å². The summed E-state index contributed by atoms with van der Waals surface area (Å²) in [5, 5.41) is 6.43. The molecule has 0 amide bonds. The molecular formula is C10H11BrClN3S. The van der Waals surface area contributed by atoms with E-state index < -0.39 is 0 Å². The van der Waals surface area contributed by atoms with Crippen molar-refractivity contribution in [1.29, 1.82) is 0 Å². The Bertz CT molecular complexity index is 520. The number of nitrogen functional groups attached to an aromatic ring is 1. The molecule has 6 heteroatoms. The highest BCUT2D eigenvalue weighted by molar-refractivity contribution is 9.10. The normalized spacial score (nSPS) is 13.0. The molecule has 0 spiro atoms. The SMILES string of the molecule is Cc1nn(C(C)c2csc(Cl)c2)c(N)c1Br. The smallest absolute Gasteiger partial charge is 0.137 e. The molecule has 86 valence electrons. The lowest BCUT2D eigenvalue weighted by molar-refractivity contribution is 0.570. The van der Waals surface area contributed by atoms with Gasteiger partial charge in [-0.2, -0.15) is 5.10 Å². The summed E-state index contributed by atoms with van der Waals surface area (Å²) in [4.78, 5) is 0. The molecule has 0 radical (unpaired) electrons. The Morgan fingerprint density at radius 1 is 1.62 bits per heavy atom. The third-order valence-corrected chi connectivity index (χ3v) is 4.57. The maximum atomic E-state index is 5.97. The predicted molar refractivity (Wildman–Crippen MR) is 72.2 cm³/mol. The first-order chi connectivity index (χ1) is 7.50. The minimum atomic E-state index is 0.0914. The Labute approximate surface area is 111 Å². The van der Waals surface area contributed by atoms with Gasteiger partial charge in [-0.1, -0.05) is 11.6 Å². The maximum absolute atomic E-state index is 5.97. The van der Waals surface area contributed by atoms with Gasteiger partial charge in [0.2, 0.25) is 0 Å². The number of aromatic nitrogens is 2. The maximum Gasteiger partial charge on any atom is 0.137 e. The molecule has 2 rings (SSSR count). The third-order valence-electron chi connectivity index (χ3n) is 2.48. The molecule has 16 heavy (non-hydrogen) atoms. The summed E-state index contributed by atoms with van der Waals surface area (Å²) in [5.41, 5.74) is 7.99. The Morgan fingerprint density at radius 2 is 2.31 bits per heavy atom. The Balaban J connectivity index is 2.41. The van der Waals surface area contributed by atoms with Gasteiger partial charge in [0.05, 0.1) is 20.5 Å². The van der Waals surface area contributed by atoms with Crippen LogP contribution in [-0.4, -0.2) is 9.78 Å². The van der Waals surface area contributed by atoms with Gasteiger partial charge >= 0.3 is 0 Å². The van der Waals surface area contributed by atoms with Crippen molar-refractivity contribution in [2.24, 2.45) is 0 Å². The quantitative estimate of drug-likeness (QED) is 0.913. The molecule has 0 aromatic carbocycles. The lowest BCUT2D eigenvalue weighted by atomic mass is 10.2. The zero-order valence-corrected chi connectivity index (χ0v) is 12.0. The van der Waals surface area contributed by atoms with Gasteiger partial charge in [-0.25, -0.2) is 4.68 Å². The lowest BCUT2D eigenvalue weighted by Crippen LogP contribution is -2.10. The van der Waals surface area contributed by atoms with Crippen LogP contribution in [0.5, 0.6) is 0 Å². The Morgan fingerprint density at radius 3 is 2.75 bits per heavy atom. The highest BCUT2D eigenvalue weighted by Crippen LogP contribution is 2.31. The van der Waals surface area contributed by atoms with Crippen molar-refractivity contribution in [2.45, 2.75) is 19.9 Å². The van der Waals surface area contributed by atoms with E-state index in [9.17, 15) is 0 Å². The molecule has 0 aliphatic heterocycles. The average molecular weight is 321 g/mol. The summed E-state index contributed by atoms with van der Waals surface area (Å²) >= 11 is 10.8. The predicted octanol–water partition coefficient (Wildman–Crippen LogP) is 3.86. The van der Waals surface area contributed by atoms with Crippen molar-refractivity contribution in [1.82, 2.24) is 9.78 Å². The second kappa shape index (κ2) is 4.39. The first-order valence-electron chi connectivity index (χ1n) is 4.74. The molecule has 2 aromatic rings. The number of anilines is 1. The van der Waals surface area contributed by atoms with Gasteiger partial charge in [-0.05, 0) is 46.8 Å². The van der Waals surface area contributed by atoms with Crippen LogP contribution < -0.4 is 5.73 Å². The van der Waals surface area contributed by atoms with Crippen LogP contribution in [0.1, 0.15) is 24.2 Å². The van der Waals surface area contributed by atoms with E-state index >= 15 is 0 Å². The third kappa shape index (κ3) is 1.99. The van der Waals surface area contributed by atoms with E-state index in [1.807, 2.05) is 25.3 Å². The fraction of sp³-hybridized carbons (Fsp3) is 0.300. The Kier molecular flexibility index (Phi) is 3.28. The summed E-state index contributed by atoms with van der Waals surface area (Å²) in [5.74, 6) is 0.646. The molecule has 1 atom stereocenters. The zero-order chi connectivity index (χ0) is 11.9. The first kappa shape index (κ1) is 12.0. The zero-order valence-electron chi connectivity index (χ0n) is 8.87. The monoisotopic (exact) mass is 319 g/mol. The standard InChI is InChI=1S/C10H11BrClN3S/c1-5-9(11)10(13)15(14-5)6(2)7-3-8(12)16-4-7/h3-4,6H,13H2,1-2H3. The van der Waals surface area contributed by atoms with E-state index in [4.69, 9.17) is 17.3 Å². The molecule has 0 bridgehead atoms. The van der Waals surface area contributed by atoms with Crippen LogP contribution in [-0.2, 0) is 0 Å². The summed E-state index contributed by atoms with van der Waals surface area (Å²) in [6.07, 6.45) is 0. The van der Waals surface area contributed by atoms with Gasteiger partial charge in [-0.15, -0.1) is 11.3 Å².